The molecule has 1 saturated carbocycles. The summed E-state index contributed by atoms with van der Waals surface area (Å²) >= 11 is 0. The minimum absolute atomic E-state index is 0.262. The van der Waals surface area contributed by atoms with Crippen molar-refractivity contribution in [3.63, 3.8) is 0 Å². The van der Waals surface area contributed by atoms with Gasteiger partial charge in [-0.05, 0) is 59.3 Å². The van der Waals surface area contributed by atoms with Gasteiger partial charge < -0.3 is 5.11 Å². The fraction of sp³-hybridized carbons (Fsp3) is 0.370. The van der Waals surface area contributed by atoms with E-state index >= 15 is 0 Å². The molecule has 0 bridgehead atoms. The van der Waals surface area contributed by atoms with E-state index in [2.05, 4.69) is 53.7 Å². The monoisotopic (exact) mass is 421 g/mol. The molecule has 0 aromatic heterocycles. The first-order chi connectivity index (χ1) is 14.2. The van der Waals surface area contributed by atoms with Gasteiger partial charge in [0.25, 0.3) is 0 Å². The third-order valence-corrected chi connectivity index (χ3v) is 7.30. The second-order valence-electron chi connectivity index (χ2n) is 8.92. The SMILES string of the molecule is CC(C)c1cc(C(C)C)c([S@](=O)[C]2[CH][CH][CH][C]2[C@H](O)c2ccccc2)c(C(C)C)c1. The van der Waals surface area contributed by atoms with Gasteiger partial charge in [0.05, 0.1) is 22.2 Å². The standard InChI is InChI=1S/C27H33O2S/c1-17(2)21-15-23(18(3)4)27(24(16-21)19(5)6)30(29)25-14-10-13-22(25)26(28)20-11-8-7-9-12-20/h7-19,26,28H,1-6H3/t26-,30-/m1/s1. The van der Waals surface area contributed by atoms with Gasteiger partial charge in [-0.1, -0.05) is 84.0 Å². The minimum Gasteiger partial charge on any atom is -0.388 e. The predicted octanol–water partition coefficient (Wildman–Crippen LogP) is 6.63. The second-order valence-corrected chi connectivity index (χ2v) is 10.3. The van der Waals surface area contributed by atoms with Crippen molar-refractivity contribution in [2.75, 3.05) is 0 Å². The van der Waals surface area contributed by atoms with Gasteiger partial charge >= 0.3 is 0 Å². The average molecular weight is 422 g/mol. The molecule has 0 saturated heterocycles. The average Bonchev–Trinajstić information content (AvgIpc) is 3.22. The lowest BCUT2D eigenvalue weighted by molar-refractivity contribution is 0.199. The molecule has 3 heteroatoms. The Morgan fingerprint density at radius 1 is 0.767 bits per heavy atom. The highest BCUT2D eigenvalue weighted by Crippen LogP contribution is 2.47. The maximum Gasteiger partial charge on any atom is 0.0871 e. The van der Waals surface area contributed by atoms with E-state index in [9.17, 15) is 9.32 Å². The van der Waals surface area contributed by atoms with Crippen LogP contribution in [0.3, 0.4) is 0 Å². The van der Waals surface area contributed by atoms with Gasteiger partial charge in [0.15, 0.2) is 0 Å². The van der Waals surface area contributed by atoms with Crippen LogP contribution in [-0.4, -0.2) is 9.32 Å². The van der Waals surface area contributed by atoms with Gasteiger partial charge in [0.2, 0.25) is 0 Å². The Morgan fingerprint density at radius 3 is 1.83 bits per heavy atom. The zero-order valence-electron chi connectivity index (χ0n) is 18.8. The van der Waals surface area contributed by atoms with E-state index in [1.165, 1.54) is 5.56 Å². The number of hydrogen-bond acceptors (Lipinski definition) is 2. The lowest BCUT2D eigenvalue weighted by atomic mass is 9.89. The van der Waals surface area contributed by atoms with Crippen LogP contribution in [0.4, 0.5) is 0 Å². The predicted molar refractivity (Wildman–Crippen MR) is 126 cm³/mol. The number of aliphatic hydroxyl groups excluding tert-OH is 1. The number of hydrogen-bond donors (Lipinski definition) is 1. The van der Waals surface area contributed by atoms with Gasteiger partial charge in [0.1, 0.15) is 0 Å². The summed E-state index contributed by atoms with van der Waals surface area (Å²) in [6.45, 7) is 13.0. The zero-order chi connectivity index (χ0) is 22.0. The van der Waals surface area contributed by atoms with E-state index < -0.39 is 16.9 Å². The smallest absolute Gasteiger partial charge is 0.0871 e. The van der Waals surface area contributed by atoms with E-state index in [4.69, 9.17) is 0 Å². The number of rotatable bonds is 7. The lowest BCUT2D eigenvalue weighted by Gasteiger charge is -2.27. The first-order valence-corrected chi connectivity index (χ1v) is 11.9. The Bertz CT molecular complexity index is 841. The summed E-state index contributed by atoms with van der Waals surface area (Å²) in [5, 5.41) is 11.7. The Balaban J connectivity index is 2.04. The fourth-order valence-corrected chi connectivity index (χ4v) is 5.67. The summed E-state index contributed by atoms with van der Waals surface area (Å²) in [7, 11) is -1.37. The van der Waals surface area contributed by atoms with E-state index in [1.54, 1.807) is 0 Å². The quantitative estimate of drug-likeness (QED) is 0.545. The second kappa shape index (κ2) is 9.78. The molecular formula is C27H33O2S. The van der Waals surface area contributed by atoms with Gasteiger partial charge in [-0.3, -0.25) is 4.21 Å². The molecule has 159 valence electrons. The summed E-state index contributed by atoms with van der Waals surface area (Å²) < 4.78 is 14.0. The van der Waals surface area contributed by atoms with Crippen LogP contribution in [0.2, 0.25) is 0 Å². The summed E-state index contributed by atoms with van der Waals surface area (Å²) in [5.41, 5.74) is 4.38. The van der Waals surface area contributed by atoms with Crippen LogP contribution in [0.1, 0.15) is 87.7 Å². The molecule has 0 heterocycles. The highest BCUT2D eigenvalue weighted by Gasteiger charge is 2.41. The molecule has 2 atom stereocenters. The maximum absolute atomic E-state index is 14.0. The third kappa shape index (κ3) is 4.73. The molecule has 1 aliphatic rings. The zero-order valence-corrected chi connectivity index (χ0v) is 19.7. The molecule has 0 aliphatic heterocycles. The molecule has 2 aromatic rings. The summed E-state index contributed by atoms with van der Waals surface area (Å²) in [6.07, 6.45) is 4.88. The van der Waals surface area contributed by atoms with E-state index in [-0.39, 0.29) is 11.8 Å². The largest absolute Gasteiger partial charge is 0.388 e. The molecule has 0 unspecified atom stereocenters. The maximum atomic E-state index is 14.0. The lowest BCUT2D eigenvalue weighted by Crippen LogP contribution is -2.20. The summed E-state index contributed by atoms with van der Waals surface area (Å²) in [4.78, 5) is 0.914. The normalized spacial score (nSPS) is 17.9. The van der Waals surface area contributed by atoms with Crippen LogP contribution in [0.25, 0.3) is 0 Å². The molecule has 2 aromatic carbocycles. The van der Waals surface area contributed by atoms with Crippen LogP contribution in [-0.2, 0) is 10.8 Å². The van der Waals surface area contributed by atoms with Crippen LogP contribution in [0.5, 0.6) is 0 Å². The van der Waals surface area contributed by atoms with Crippen molar-refractivity contribution >= 4 is 10.8 Å². The van der Waals surface area contributed by atoms with Crippen molar-refractivity contribution < 1.29 is 9.32 Å². The Morgan fingerprint density at radius 2 is 1.33 bits per heavy atom. The summed E-state index contributed by atoms with van der Waals surface area (Å²) in [6, 6.07) is 14.0. The van der Waals surface area contributed by atoms with Crippen molar-refractivity contribution in [2.24, 2.45) is 0 Å². The Labute approximate surface area is 185 Å². The molecule has 5 radical (unpaired) electrons. The number of aliphatic hydroxyl groups is 1. The van der Waals surface area contributed by atoms with Crippen molar-refractivity contribution in [1.82, 2.24) is 0 Å². The number of benzene rings is 2. The topological polar surface area (TPSA) is 37.3 Å². The first-order valence-electron chi connectivity index (χ1n) is 10.8. The molecule has 1 fully saturated rings. The van der Waals surface area contributed by atoms with Gasteiger partial charge in [-0.15, -0.1) is 0 Å². The van der Waals surface area contributed by atoms with Crippen LogP contribution >= 0.6 is 0 Å². The van der Waals surface area contributed by atoms with Crippen molar-refractivity contribution in [3.8, 4) is 0 Å². The fourth-order valence-electron chi connectivity index (χ4n) is 3.84. The summed E-state index contributed by atoms with van der Waals surface area (Å²) in [5.74, 6) is 1.66. The van der Waals surface area contributed by atoms with Crippen molar-refractivity contribution in [1.29, 1.82) is 0 Å². The van der Waals surface area contributed by atoms with Gasteiger partial charge in [-0.2, -0.15) is 0 Å². The molecule has 1 aliphatic carbocycles. The first kappa shape index (κ1) is 23.2. The van der Waals surface area contributed by atoms with Crippen LogP contribution in [0.15, 0.2) is 47.4 Å². The van der Waals surface area contributed by atoms with Crippen molar-refractivity contribution in [3.05, 3.63) is 95.1 Å². The van der Waals surface area contributed by atoms with E-state index in [0.717, 1.165) is 27.5 Å². The molecule has 0 spiro atoms. The van der Waals surface area contributed by atoms with Gasteiger partial charge in [0, 0.05) is 10.8 Å². The Kier molecular flexibility index (Phi) is 7.57. The molecule has 30 heavy (non-hydrogen) atoms. The van der Waals surface area contributed by atoms with E-state index in [1.807, 2.05) is 49.6 Å². The highest BCUT2D eigenvalue weighted by atomic mass is 32.2. The molecule has 3 rings (SSSR count). The Hall–Kier alpha value is -1.45. The molecule has 1 N–H and O–H groups in total. The molecular weight excluding hydrogens is 388 g/mol. The van der Waals surface area contributed by atoms with Crippen LogP contribution in [0, 0.1) is 30.4 Å². The van der Waals surface area contributed by atoms with Crippen molar-refractivity contribution in [2.45, 2.75) is 70.3 Å². The molecule has 2 nitrogen and oxygen atoms in total. The third-order valence-electron chi connectivity index (χ3n) is 5.68. The van der Waals surface area contributed by atoms with Crippen LogP contribution < -0.4 is 0 Å². The van der Waals surface area contributed by atoms with Gasteiger partial charge in [-0.25, -0.2) is 0 Å². The molecule has 0 amide bonds. The minimum atomic E-state index is -1.37. The highest BCUT2D eigenvalue weighted by molar-refractivity contribution is 7.88. The van der Waals surface area contributed by atoms with E-state index in [0.29, 0.717) is 11.2 Å².